The van der Waals surface area contributed by atoms with Gasteiger partial charge in [0.15, 0.2) is 0 Å². The number of carboxylic acid groups (broad SMARTS) is 1. The van der Waals surface area contributed by atoms with Crippen molar-refractivity contribution in [2.75, 3.05) is 39.3 Å². The molecule has 0 unspecified atom stereocenters. The van der Waals surface area contributed by atoms with E-state index in [1.54, 1.807) is 9.80 Å². The third-order valence-corrected chi connectivity index (χ3v) is 8.25. The Hall–Kier alpha value is -4.33. The fourth-order valence-corrected chi connectivity index (χ4v) is 5.66. The largest absolute Gasteiger partial charge is 0.480 e. The molecule has 3 rings (SSSR count). The smallest absolute Gasteiger partial charge is 0.317 e. The van der Waals surface area contributed by atoms with E-state index in [9.17, 15) is 24.0 Å². The van der Waals surface area contributed by atoms with Crippen molar-refractivity contribution in [2.45, 2.75) is 70.1 Å². The lowest BCUT2D eigenvalue weighted by atomic mass is 9.99. The van der Waals surface area contributed by atoms with Crippen LogP contribution in [-0.4, -0.2) is 108 Å². The van der Waals surface area contributed by atoms with Gasteiger partial charge >= 0.3 is 5.97 Å². The van der Waals surface area contributed by atoms with Gasteiger partial charge in [-0.05, 0) is 49.3 Å². The summed E-state index contributed by atoms with van der Waals surface area (Å²) in [5.41, 5.74) is 13.7. The predicted molar refractivity (Wildman–Crippen MR) is 182 cm³/mol. The SMILES string of the molecule is CC(C)C[C@@H](NC(=O)[C@@H](Cc1ccccc1)NC(=O)[C@H](N)Cc1ccccc1)C(=O)N[C@@H](CCCN)C(=O)N1CCN(CC(=O)O)CC1. The Labute approximate surface area is 282 Å². The number of carbonyl (C=O) groups is 5. The summed E-state index contributed by atoms with van der Waals surface area (Å²) in [6.45, 7) is 5.55. The molecule has 1 aliphatic rings. The fraction of sp³-hybridized carbons (Fsp3) is 0.514. The van der Waals surface area contributed by atoms with Crippen LogP contribution in [0.2, 0.25) is 0 Å². The number of carboxylic acids is 1. The Kier molecular flexibility index (Phi) is 15.5. The van der Waals surface area contributed by atoms with Crippen LogP contribution in [0, 0.1) is 5.92 Å². The number of piperazine rings is 1. The van der Waals surface area contributed by atoms with Crippen molar-refractivity contribution in [2.24, 2.45) is 17.4 Å². The van der Waals surface area contributed by atoms with Gasteiger partial charge in [0.05, 0.1) is 12.6 Å². The van der Waals surface area contributed by atoms with Crippen molar-refractivity contribution in [1.82, 2.24) is 25.8 Å². The molecule has 4 atom stereocenters. The summed E-state index contributed by atoms with van der Waals surface area (Å²) in [6.07, 6.45) is 1.56. The van der Waals surface area contributed by atoms with Crippen molar-refractivity contribution in [3.8, 4) is 0 Å². The maximum atomic E-state index is 13.8. The highest BCUT2D eigenvalue weighted by Crippen LogP contribution is 2.12. The summed E-state index contributed by atoms with van der Waals surface area (Å²) in [5, 5.41) is 17.6. The zero-order chi connectivity index (χ0) is 35.1. The molecule has 0 radical (unpaired) electrons. The first-order valence-corrected chi connectivity index (χ1v) is 16.6. The normalized spacial score (nSPS) is 16.0. The van der Waals surface area contributed by atoms with Gasteiger partial charge in [0, 0.05) is 32.6 Å². The first-order valence-electron chi connectivity index (χ1n) is 16.6. The highest BCUT2D eigenvalue weighted by Gasteiger charge is 2.33. The van der Waals surface area contributed by atoms with Gasteiger partial charge < -0.3 is 37.4 Å². The molecule has 0 aliphatic carbocycles. The van der Waals surface area contributed by atoms with Crippen molar-refractivity contribution in [3.63, 3.8) is 0 Å². The molecule has 0 aromatic heterocycles. The molecule has 0 saturated carbocycles. The molecule has 1 aliphatic heterocycles. The molecule has 1 heterocycles. The Balaban J connectivity index is 1.73. The molecule has 2 aromatic carbocycles. The van der Waals surface area contributed by atoms with Crippen LogP contribution in [0.25, 0.3) is 0 Å². The lowest BCUT2D eigenvalue weighted by Gasteiger charge is -2.36. The lowest BCUT2D eigenvalue weighted by Crippen LogP contribution is -2.59. The molecule has 0 bridgehead atoms. The maximum absolute atomic E-state index is 13.8. The van der Waals surface area contributed by atoms with E-state index in [4.69, 9.17) is 16.6 Å². The van der Waals surface area contributed by atoms with Crippen LogP contribution in [0.15, 0.2) is 60.7 Å². The van der Waals surface area contributed by atoms with Gasteiger partial charge in [0.2, 0.25) is 23.6 Å². The second-order valence-electron chi connectivity index (χ2n) is 12.7. The van der Waals surface area contributed by atoms with Crippen molar-refractivity contribution in [1.29, 1.82) is 0 Å². The van der Waals surface area contributed by atoms with Crippen molar-refractivity contribution in [3.05, 3.63) is 71.8 Å². The molecule has 2 aromatic rings. The summed E-state index contributed by atoms with van der Waals surface area (Å²) >= 11 is 0. The van der Waals surface area contributed by atoms with Crippen LogP contribution in [0.3, 0.4) is 0 Å². The van der Waals surface area contributed by atoms with Crippen LogP contribution >= 0.6 is 0 Å². The summed E-state index contributed by atoms with van der Waals surface area (Å²) in [5.74, 6) is -2.73. The van der Waals surface area contributed by atoms with E-state index in [0.717, 1.165) is 11.1 Å². The maximum Gasteiger partial charge on any atom is 0.317 e. The molecule has 1 fully saturated rings. The topological polar surface area (TPSA) is 200 Å². The van der Waals surface area contributed by atoms with Crippen molar-refractivity contribution >= 4 is 29.6 Å². The van der Waals surface area contributed by atoms with Crippen LogP contribution < -0.4 is 27.4 Å². The van der Waals surface area contributed by atoms with E-state index < -0.39 is 47.9 Å². The molecule has 1 saturated heterocycles. The minimum atomic E-state index is -1.01. The number of carbonyl (C=O) groups excluding carboxylic acids is 4. The molecule has 48 heavy (non-hydrogen) atoms. The van der Waals surface area contributed by atoms with Gasteiger partial charge in [-0.2, -0.15) is 0 Å². The molecule has 262 valence electrons. The van der Waals surface area contributed by atoms with E-state index >= 15 is 0 Å². The number of nitrogens with zero attached hydrogens (tertiary/aromatic N) is 2. The predicted octanol–water partition coefficient (Wildman–Crippen LogP) is 0.267. The second kappa shape index (κ2) is 19.5. The summed E-state index contributed by atoms with van der Waals surface area (Å²) in [4.78, 5) is 68.8. The lowest BCUT2D eigenvalue weighted by molar-refractivity contribution is -0.141. The number of hydrogen-bond acceptors (Lipinski definition) is 8. The van der Waals surface area contributed by atoms with Gasteiger partial charge in [-0.3, -0.25) is 28.9 Å². The number of amides is 4. The third-order valence-electron chi connectivity index (χ3n) is 8.25. The highest BCUT2D eigenvalue weighted by atomic mass is 16.4. The van der Waals surface area contributed by atoms with E-state index in [-0.39, 0.29) is 31.2 Å². The van der Waals surface area contributed by atoms with Crippen LogP contribution in [0.4, 0.5) is 0 Å². The molecular weight excluding hydrogens is 614 g/mol. The summed E-state index contributed by atoms with van der Waals surface area (Å²) < 4.78 is 0. The van der Waals surface area contributed by atoms with Gasteiger partial charge in [-0.1, -0.05) is 74.5 Å². The fourth-order valence-electron chi connectivity index (χ4n) is 5.66. The number of aliphatic carboxylic acids is 1. The van der Waals surface area contributed by atoms with Gasteiger partial charge in [0.25, 0.3) is 0 Å². The molecule has 8 N–H and O–H groups in total. The number of benzene rings is 2. The zero-order valence-corrected chi connectivity index (χ0v) is 28.0. The first kappa shape index (κ1) is 38.1. The van der Waals surface area contributed by atoms with E-state index in [2.05, 4.69) is 16.0 Å². The molecule has 0 spiro atoms. The van der Waals surface area contributed by atoms with Gasteiger partial charge in [0.1, 0.15) is 18.1 Å². The quantitative estimate of drug-likeness (QED) is 0.129. The van der Waals surface area contributed by atoms with E-state index in [1.165, 1.54) is 0 Å². The molecule has 4 amide bonds. The van der Waals surface area contributed by atoms with Gasteiger partial charge in [-0.25, -0.2) is 0 Å². The average molecular weight is 666 g/mol. The zero-order valence-electron chi connectivity index (χ0n) is 28.0. The molecule has 13 heteroatoms. The van der Waals surface area contributed by atoms with E-state index in [0.29, 0.717) is 52.0 Å². The van der Waals surface area contributed by atoms with Crippen LogP contribution in [0.5, 0.6) is 0 Å². The minimum Gasteiger partial charge on any atom is -0.480 e. The van der Waals surface area contributed by atoms with Crippen LogP contribution in [0.1, 0.15) is 44.2 Å². The Morgan fingerprint density at radius 1 is 0.750 bits per heavy atom. The number of hydrogen-bond donors (Lipinski definition) is 6. The highest BCUT2D eigenvalue weighted by molar-refractivity contribution is 5.95. The van der Waals surface area contributed by atoms with Gasteiger partial charge in [-0.15, -0.1) is 0 Å². The van der Waals surface area contributed by atoms with Crippen molar-refractivity contribution < 1.29 is 29.1 Å². The average Bonchev–Trinajstić information content (AvgIpc) is 3.06. The summed E-state index contributed by atoms with van der Waals surface area (Å²) in [7, 11) is 0. The Bertz CT molecular complexity index is 1340. The Morgan fingerprint density at radius 3 is 1.81 bits per heavy atom. The number of nitrogens with two attached hydrogens (primary N) is 2. The Morgan fingerprint density at radius 2 is 1.27 bits per heavy atom. The minimum absolute atomic E-state index is 0.0167. The number of nitrogens with one attached hydrogen (secondary N) is 3. The molecular formula is C35H51N7O6. The first-order chi connectivity index (χ1) is 23.0. The second-order valence-corrected chi connectivity index (χ2v) is 12.7. The monoisotopic (exact) mass is 665 g/mol. The van der Waals surface area contributed by atoms with Crippen LogP contribution in [-0.2, 0) is 36.8 Å². The summed E-state index contributed by atoms with van der Waals surface area (Å²) in [6, 6.07) is 14.8. The molecule has 13 nitrogen and oxygen atoms in total. The standard InChI is InChI=1S/C35H51N7O6/c1-24(2)20-29(33(46)38-28(14-9-15-36)35(48)42-18-16-41(17-19-42)23-31(43)44)40-34(47)30(22-26-12-7-4-8-13-26)39-32(45)27(37)21-25-10-5-3-6-11-25/h3-8,10-13,24,27-30H,9,14-23,36-37H2,1-2H3,(H,38,46)(H,39,45)(H,40,47)(H,43,44)/t27-,28+,29-,30-/m1/s1. The number of rotatable bonds is 18. The van der Waals surface area contributed by atoms with E-state index in [1.807, 2.05) is 74.5 Å². The third kappa shape index (κ3) is 12.7.